The number of aromatic hydroxyl groups is 1. The number of esters is 1. The third-order valence-electron chi connectivity index (χ3n) is 11.7. The lowest BCUT2D eigenvalue weighted by Gasteiger charge is -2.41. The largest absolute Gasteiger partial charge is 0.508 e. The summed E-state index contributed by atoms with van der Waals surface area (Å²) in [6, 6.07) is 11.3. The third-order valence-corrected chi connectivity index (χ3v) is 11.7. The van der Waals surface area contributed by atoms with E-state index in [1.807, 2.05) is 24.4 Å². The van der Waals surface area contributed by atoms with Gasteiger partial charge in [-0.05, 0) is 90.3 Å². The van der Waals surface area contributed by atoms with Crippen LogP contribution in [-0.4, -0.2) is 118 Å². The number of nitrogens with one attached hydrogen (secondary N) is 2. The average molecular weight is 855 g/mol. The van der Waals surface area contributed by atoms with E-state index >= 15 is 0 Å². The summed E-state index contributed by atoms with van der Waals surface area (Å²) >= 11 is 0. The Morgan fingerprint density at radius 2 is 1.84 bits per heavy atom. The Kier molecular flexibility index (Phi) is 14.4. The van der Waals surface area contributed by atoms with Crippen LogP contribution in [0, 0.1) is 11.3 Å². The highest BCUT2D eigenvalue weighted by atomic mass is 16.5. The van der Waals surface area contributed by atoms with Gasteiger partial charge in [-0.3, -0.25) is 29.2 Å². The van der Waals surface area contributed by atoms with Crippen LogP contribution in [0.15, 0.2) is 54.9 Å². The fraction of sp³-hybridized carbons (Fsp3) is 0.511. The van der Waals surface area contributed by atoms with Gasteiger partial charge in [-0.2, -0.15) is 0 Å². The number of amides is 3. The molecule has 0 bridgehead atoms. The predicted octanol–water partition coefficient (Wildman–Crippen LogP) is 4.77. The van der Waals surface area contributed by atoms with E-state index in [9.17, 15) is 29.4 Å². The van der Waals surface area contributed by atoms with E-state index in [0.29, 0.717) is 43.8 Å². The lowest BCUT2D eigenvalue weighted by molar-refractivity contribution is -0.201. The number of methoxy groups -OCH3 is 1. The molecule has 15 heteroatoms. The predicted molar refractivity (Wildman–Crippen MR) is 235 cm³/mol. The molecule has 334 valence electrons. The molecule has 0 saturated carbocycles. The molecule has 4 aromatic rings. The molecule has 2 aromatic heterocycles. The van der Waals surface area contributed by atoms with Crippen LogP contribution in [0.5, 0.6) is 5.75 Å². The number of aromatic nitrogens is 2. The van der Waals surface area contributed by atoms with Gasteiger partial charge in [-0.25, -0.2) is 5.43 Å². The van der Waals surface area contributed by atoms with Gasteiger partial charge in [0.25, 0.3) is 11.8 Å². The number of aliphatic hydroxyl groups is 1. The summed E-state index contributed by atoms with van der Waals surface area (Å²) in [4.78, 5) is 59.4. The van der Waals surface area contributed by atoms with Crippen molar-refractivity contribution in [3.63, 3.8) is 0 Å². The van der Waals surface area contributed by atoms with Gasteiger partial charge in [0.1, 0.15) is 17.8 Å². The van der Waals surface area contributed by atoms with Gasteiger partial charge in [-0.1, -0.05) is 39.8 Å². The van der Waals surface area contributed by atoms with Crippen LogP contribution >= 0.6 is 0 Å². The van der Waals surface area contributed by atoms with E-state index in [-0.39, 0.29) is 49.8 Å². The molecule has 3 amide bonds. The maximum absolute atomic E-state index is 14.2. The quantitative estimate of drug-likeness (QED) is 0.107. The topological polar surface area (TPSA) is 185 Å². The van der Waals surface area contributed by atoms with E-state index in [4.69, 9.17) is 14.2 Å². The molecular weight excluding hydrogens is 793 g/mol. The number of aryl methyl sites for hydroxylation is 1. The molecule has 0 aliphatic carbocycles. The number of ether oxygens (including phenoxy) is 3. The lowest BCUT2D eigenvalue weighted by atomic mass is 9.84. The Hall–Kier alpha value is -5.35. The van der Waals surface area contributed by atoms with Crippen LogP contribution in [0.4, 0.5) is 0 Å². The van der Waals surface area contributed by atoms with Crippen molar-refractivity contribution >= 4 is 34.6 Å². The van der Waals surface area contributed by atoms with E-state index in [0.717, 1.165) is 51.7 Å². The molecule has 0 spiro atoms. The van der Waals surface area contributed by atoms with E-state index in [2.05, 4.69) is 53.2 Å². The van der Waals surface area contributed by atoms with E-state index in [1.54, 1.807) is 39.3 Å². The molecule has 2 saturated heterocycles. The standard InChI is InChI=1S/C47H62N6O9/c1-9-52-40-13-12-32(22-36(40)37(23-46(5,6)26-62-30(4)54)42(52)38-24-48-16-14-33(38)25-60-8)34-18-31(19-35(55)21-34)20-39(44(57)53-17-11-10-15-49-53)50-43(56)41(29(2)3)51(7)45(58)47(59)27-61-28-47/h12-14,16,18-19,21-22,24,29,39,41,49,55,59H,9-11,15,17,20,23,25-28H2,1-8H3,(H,50,56)/t39-,41-/m0/s1. The number of hydrogen-bond donors (Lipinski definition) is 4. The van der Waals surface area contributed by atoms with Gasteiger partial charge in [0.05, 0.1) is 32.1 Å². The number of rotatable bonds is 17. The van der Waals surface area contributed by atoms with Crippen LogP contribution < -0.4 is 10.7 Å². The van der Waals surface area contributed by atoms with Crippen molar-refractivity contribution in [1.29, 1.82) is 0 Å². The molecule has 0 unspecified atom stereocenters. The summed E-state index contributed by atoms with van der Waals surface area (Å²) in [5.74, 6) is -2.22. The monoisotopic (exact) mass is 854 g/mol. The Balaban J connectivity index is 1.40. The Labute approximate surface area is 363 Å². The first-order valence-corrected chi connectivity index (χ1v) is 21.4. The van der Waals surface area contributed by atoms with Gasteiger partial charge in [0.15, 0.2) is 5.60 Å². The Bertz CT molecular complexity index is 2280. The summed E-state index contributed by atoms with van der Waals surface area (Å²) in [7, 11) is 3.14. The molecule has 15 nitrogen and oxygen atoms in total. The number of carbonyl (C=O) groups is 4. The molecule has 2 aliphatic rings. The van der Waals surface area contributed by atoms with Crippen molar-refractivity contribution in [2.75, 3.05) is 47.1 Å². The number of pyridine rings is 1. The first-order chi connectivity index (χ1) is 29.5. The minimum Gasteiger partial charge on any atom is -0.508 e. The molecule has 2 aromatic carbocycles. The van der Waals surface area contributed by atoms with Gasteiger partial charge in [0, 0.05) is 81.4 Å². The number of phenolic OH excluding ortho intramolecular Hbond substituents is 1. The van der Waals surface area contributed by atoms with Crippen LogP contribution in [0.3, 0.4) is 0 Å². The summed E-state index contributed by atoms with van der Waals surface area (Å²) < 4.78 is 18.5. The second kappa shape index (κ2) is 19.4. The zero-order valence-corrected chi connectivity index (χ0v) is 37.2. The highest BCUT2D eigenvalue weighted by Crippen LogP contribution is 2.41. The van der Waals surface area contributed by atoms with Gasteiger partial charge in [0.2, 0.25) is 5.91 Å². The first-order valence-electron chi connectivity index (χ1n) is 21.4. The van der Waals surface area contributed by atoms with Crippen LogP contribution in [0.1, 0.15) is 71.1 Å². The summed E-state index contributed by atoms with van der Waals surface area (Å²) in [5.41, 5.74) is 8.11. The maximum Gasteiger partial charge on any atom is 0.302 e. The highest BCUT2D eigenvalue weighted by Gasteiger charge is 2.48. The summed E-state index contributed by atoms with van der Waals surface area (Å²) in [6.07, 6.45) is 5.92. The molecule has 2 aliphatic heterocycles. The number of carbonyl (C=O) groups excluding carboxylic acids is 4. The lowest BCUT2D eigenvalue weighted by Crippen LogP contribution is -2.65. The van der Waals surface area contributed by atoms with Crippen LogP contribution in [0.25, 0.3) is 33.3 Å². The fourth-order valence-corrected chi connectivity index (χ4v) is 8.68. The second-order valence-electron chi connectivity index (χ2n) is 17.8. The van der Waals surface area contributed by atoms with Crippen molar-refractivity contribution in [2.24, 2.45) is 11.3 Å². The molecule has 0 radical (unpaired) electrons. The van der Waals surface area contributed by atoms with E-state index in [1.165, 1.54) is 23.9 Å². The van der Waals surface area contributed by atoms with Gasteiger partial charge < -0.3 is 39.2 Å². The average Bonchev–Trinajstić information content (AvgIpc) is 3.52. The second-order valence-corrected chi connectivity index (χ2v) is 17.8. The van der Waals surface area contributed by atoms with Gasteiger partial charge >= 0.3 is 5.97 Å². The third kappa shape index (κ3) is 10.1. The SMILES string of the molecule is CCn1c(-c2cnccc2COC)c(CC(C)(C)COC(C)=O)c2cc(-c3cc(O)cc(C[C@H](NC(=O)[C@H](C(C)C)N(C)C(=O)C4(O)COC4)C(=O)N4CCCCN4)c3)ccc21. The smallest absolute Gasteiger partial charge is 0.302 e. The fourth-order valence-electron chi connectivity index (χ4n) is 8.68. The molecule has 2 atom stereocenters. The molecule has 62 heavy (non-hydrogen) atoms. The highest BCUT2D eigenvalue weighted by molar-refractivity contribution is 5.96. The number of fused-ring (bicyclic) bond motifs is 1. The number of nitrogens with zero attached hydrogens (tertiary/aromatic N) is 4. The molecule has 4 heterocycles. The number of benzene rings is 2. The van der Waals surface area contributed by atoms with Crippen molar-refractivity contribution in [1.82, 2.24) is 30.2 Å². The molecule has 4 N–H and O–H groups in total. The minimum absolute atomic E-state index is 0.0123. The number of hydrazine groups is 1. The van der Waals surface area contributed by atoms with Gasteiger partial charge in [-0.15, -0.1) is 0 Å². The zero-order valence-electron chi connectivity index (χ0n) is 37.2. The van der Waals surface area contributed by atoms with E-state index < -0.39 is 34.9 Å². The van der Waals surface area contributed by atoms with Crippen LogP contribution in [-0.2, 0) is 59.4 Å². The van der Waals surface area contributed by atoms with Crippen molar-refractivity contribution in [3.8, 4) is 28.1 Å². The van der Waals surface area contributed by atoms with Crippen molar-refractivity contribution in [3.05, 3.63) is 71.5 Å². The zero-order chi connectivity index (χ0) is 44.9. The summed E-state index contributed by atoms with van der Waals surface area (Å²) in [5, 5.41) is 27.5. The number of hydrogen-bond acceptors (Lipinski definition) is 11. The number of likely N-dealkylation sites (N-methyl/N-ethyl adjacent to an activating group) is 1. The van der Waals surface area contributed by atoms with Crippen LogP contribution in [0.2, 0.25) is 0 Å². The molecular formula is C47H62N6O9. The molecule has 6 rings (SSSR count). The van der Waals surface area contributed by atoms with Crippen molar-refractivity contribution in [2.45, 2.75) is 98.1 Å². The van der Waals surface area contributed by atoms with Crippen molar-refractivity contribution < 1.29 is 43.6 Å². The normalized spacial score (nSPS) is 16.1. The Morgan fingerprint density at radius 3 is 2.47 bits per heavy atom. The maximum atomic E-state index is 14.2. The summed E-state index contributed by atoms with van der Waals surface area (Å²) in [6.45, 7) is 13.3. The minimum atomic E-state index is -1.70. The Morgan fingerprint density at radius 1 is 1.08 bits per heavy atom. The number of phenols is 1. The first kappa shape index (κ1) is 46.2. The molecule has 2 fully saturated rings.